The molecule has 2 aromatic heterocycles. The molecule has 9 heteroatoms. The molecule has 0 saturated carbocycles. The molecule has 0 atom stereocenters. The normalized spacial score (nSPS) is 12.6. The van der Waals surface area contributed by atoms with Crippen molar-refractivity contribution in [3.63, 3.8) is 0 Å². The van der Waals surface area contributed by atoms with Gasteiger partial charge in [-0.1, -0.05) is 50.7 Å². The Morgan fingerprint density at radius 1 is 1.13 bits per heavy atom. The summed E-state index contributed by atoms with van der Waals surface area (Å²) in [4.78, 5) is 13.5. The Balaban J connectivity index is 1.81. The van der Waals surface area contributed by atoms with Crippen LogP contribution in [0.1, 0.15) is 32.2 Å². The number of nitrogens with zero attached hydrogens (tertiary/aromatic N) is 3. The van der Waals surface area contributed by atoms with Crippen molar-refractivity contribution in [3.05, 3.63) is 60.1 Å². The fourth-order valence-corrected chi connectivity index (χ4v) is 3.64. The Hall–Kier alpha value is -2.81. The number of hydrogen-bond acceptors (Lipinski definition) is 4. The first-order valence-electron chi connectivity index (χ1n) is 9.18. The Morgan fingerprint density at radius 2 is 1.87 bits per heavy atom. The van der Waals surface area contributed by atoms with E-state index >= 15 is 0 Å². The van der Waals surface area contributed by atoms with Crippen LogP contribution in [0, 0.1) is 0 Å². The number of halogens is 3. The van der Waals surface area contributed by atoms with Crippen molar-refractivity contribution in [1.29, 1.82) is 0 Å². The molecule has 0 bridgehead atoms. The third kappa shape index (κ3) is 5.63. The predicted octanol–water partition coefficient (Wildman–Crippen LogP) is 4.87. The van der Waals surface area contributed by atoms with Crippen LogP contribution in [0.2, 0.25) is 0 Å². The van der Waals surface area contributed by atoms with Gasteiger partial charge < -0.3 is 5.32 Å². The van der Waals surface area contributed by atoms with Crippen molar-refractivity contribution in [2.24, 2.45) is 0 Å². The van der Waals surface area contributed by atoms with E-state index in [-0.39, 0.29) is 5.41 Å². The van der Waals surface area contributed by atoms with E-state index in [1.54, 1.807) is 12.1 Å². The van der Waals surface area contributed by atoms with Crippen LogP contribution < -0.4 is 5.32 Å². The number of hydrogen-bond donors (Lipinski definition) is 1. The van der Waals surface area contributed by atoms with Crippen LogP contribution in [-0.2, 0) is 10.2 Å². The summed E-state index contributed by atoms with van der Waals surface area (Å²) in [6.45, 7) is 4.83. The highest BCUT2D eigenvalue weighted by Crippen LogP contribution is 2.32. The lowest BCUT2D eigenvalue weighted by Gasteiger charge is -2.16. The van der Waals surface area contributed by atoms with Gasteiger partial charge in [-0.05, 0) is 29.8 Å². The van der Waals surface area contributed by atoms with Gasteiger partial charge in [0.25, 0.3) is 0 Å². The van der Waals surface area contributed by atoms with Gasteiger partial charge in [0.1, 0.15) is 12.4 Å². The molecule has 30 heavy (non-hydrogen) atoms. The first-order valence-corrected chi connectivity index (χ1v) is 9.99. The van der Waals surface area contributed by atoms with Crippen molar-refractivity contribution in [2.75, 3.05) is 6.54 Å². The number of pyridine rings is 1. The van der Waals surface area contributed by atoms with Gasteiger partial charge in [-0.2, -0.15) is 13.2 Å². The van der Waals surface area contributed by atoms with Crippen molar-refractivity contribution >= 4 is 29.4 Å². The van der Waals surface area contributed by atoms with E-state index in [0.717, 1.165) is 32.9 Å². The molecule has 0 aliphatic rings. The molecule has 0 fully saturated rings. The Kier molecular flexibility index (Phi) is 6.21. The molecule has 0 aliphatic carbocycles. The van der Waals surface area contributed by atoms with Gasteiger partial charge >= 0.3 is 6.18 Å². The van der Waals surface area contributed by atoms with Crippen LogP contribution in [0.4, 0.5) is 13.2 Å². The molecular weight excluding hydrogens is 413 g/mol. The minimum absolute atomic E-state index is 0.173. The molecular formula is C21H21F3N4OS. The highest BCUT2D eigenvalue weighted by atomic mass is 32.2. The smallest absolute Gasteiger partial charge is 0.343 e. The summed E-state index contributed by atoms with van der Waals surface area (Å²) < 4.78 is 38.6. The highest BCUT2D eigenvalue weighted by molar-refractivity contribution is 7.99. The Labute approximate surface area is 176 Å². The fraction of sp³-hybridized carbons (Fsp3) is 0.286. The molecule has 5 nitrogen and oxygen atoms in total. The van der Waals surface area contributed by atoms with E-state index in [2.05, 4.69) is 31.0 Å². The lowest BCUT2D eigenvalue weighted by molar-refractivity contribution is -0.135. The average molecular weight is 434 g/mol. The second kappa shape index (κ2) is 8.51. The quantitative estimate of drug-likeness (QED) is 0.582. The zero-order chi connectivity index (χ0) is 21.9. The monoisotopic (exact) mass is 434 g/mol. The molecule has 0 radical (unpaired) electrons. The Bertz CT molecular complexity index is 1080. The highest BCUT2D eigenvalue weighted by Gasteiger charge is 2.27. The summed E-state index contributed by atoms with van der Waals surface area (Å²) in [6.07, 6.45) is 0.124. The van der Waals surface area contributed by atoms with E-state index in [0.29, 0.717) is 0 Å². The number of amides is 1. The van der Waals surface area contributed by atoms with Gasteiger partial charge in [-0.25, -0.2) is 0 Å². The van der Waals surface area contributed by atoms with Crippen molar-refractivity contribution < 1.29 is 18.0 Å². The average Bonchev–Trinajstić information content (AvgIpc) is 3.09. The number of carbonyl (C=O) groups is 1. The largest absolute Gasteiger partial charge is 0.405 e. The van der Waals surface area contributed by atoms with E-state index in [1.165, 1.54) is 17.8 Å². The molecule has 0 saturated heterocycles. The lowest BCUT2D eigenvalue weighted by atomic mass is 9.96. The zero-order valence-electron chi connectivity index (χ0n) is 16.7. The molecule has 3 rings (SSSR count). The first kappa shape index (κ1) is 21.9. The topological polar surface area (TPSA) is 59.3 Å². The number of fused-ring (bicyclic) bond motifs is 1. The summed E-state index contributed by atoms with van der Waals surface area (Å²) in [5.41, 5.74) is 1.30. The summed E-state index contributed by atoms with van der Waals surface area (Å²) in [5.74, 6) is 0.0438. The van der Waals surface area contributed by atoms with Crippen molar-refractivity contribution in [3.8, 4) is 0 Å². The van der Waals surface area contributed by atoms with Gasteiger partial charge in [0.15, 0.2) is 5.65 Å². The lowest BCUT2D eigenvalue weighted by Crippen LogP contribution is -2.32. The summed E-state index contributed by atoms with van der Waals surface area (Å²) in [5, 5.41) is 10.3. The van der Waals surface area contributed by atoms with Crippen LogP contribution in [0.5, 0.6) is 0 Å². The van der Waals surface area contributed by atoms with Gasteiger partial charge in [-0.15, -0.1) is 10.2 Å². The van der Waals surface area contributed by atoms with Crippen molar-refractivity contribution in [2.45, 2.75) is 42.2 Å². The molecule has 1 aromatic carbocycles. The molecule has 1 N–H and O–H groups in total. The van der Waals surface area contributed by atoms with E-state index in [9.17, 15) is 18.0 Å². The predicted molar refractivity (Wildman–Crippen MR) is 110 cm³/mol. The van der Waals surface area contributed by atoms with E-state index in [4.69, 9.17) is 0 Å². The fourth-order valence-electron chi connectivity index (χ4n) is 2.69. The molecule has 0 spiro atoms. The number of rotatable bonds is 5. The second-order valence-corrected chi connectivity index (χ2v) is 8.79. The molecule has 0 unspecified atom stereocenters. The van der Waals surface area contributed by atoms with E-state index < -0.39 is 18.6 Å². The van der Waals surface area contributed by atoms with E-state index in [1.807, 2.05) is 40.2 Å². The molecule has 1 amide bonds. The molecule has 3 aromatic rings. The number of alkyl halides is 3. The van der Waals surface area contributed by atoms with Gasteiger partial charge in [0.2, 0.25) is 5.91 Å². The van der Waals surface area contributed by atoms with Crippen LogP contribution in [0.15, 0.2) is 58.5 Å². The van der Waals surface area contributed by atoms with Crippen LogP contribution in [0.25, 0.3) is 11.7 Å². The summed E-state index contributed by atoms with van der Waals surface area (Å²) in [6, 6.07) is 11.2. The second-order valence-electron chi connectivity index (χ2n) is 7.67. The molecule has 0 aliphatic heterocycles. The van der Waals surface area contributed by atoms with Crippen LogP contribution in [-0.4, -0.2) is 33.2 Å². The maximum Gasteiger partial charge on any atom is 0.405 e. The number of nitrogens with one attached hydrogen (secondary N) is 1. The minimum Gasteiger partial charge on any atom is -0.343 e. The zero-order valence-corrected chi connectivity index (χ0v) is 17.5. The summed E-state index contributed by atoms with van der Waals surface area (Å²) >= 11 is 1.48. The number of aromatic nitrogens is 3. The standard InChI is InChI=1S/C21H21F3N4OS/c1-20(2,3)19-27-26-17-10-9-15(12-28(17)19)30-16-7-5-4-6-14(16)8-11-18(29)25-13-21(22,23)24/h4-12H,13H2,1-3H3,(H,25,29)/b11-8+. The molecule has 158 valence electrons. The Morgan fingerprint density at radius 3 is 2.57 bits per heavy atom. The maximum absolute atomic E-state index is 12.2. The van der Waals surface area contributed by atoms with Crippen LogP contribution in [0.3, 0.4) is 0 Å². The number of carbonyl (C=O) groups excluding carboxylic acids is 1. The SMILES string of the molecule is CC(C)(C)c1nnc2ccc(Sc3ccccc3/C=C/C(=O)NCC(F)(F)F)cn12. The first-order chi connectivity index (χ1) is 14.0. The maximum atomic E-state index is 12.2. The van der Waals surface area contributed by atoms with Crippen molar-refractivity contribution in [1.82, 2.24) is 19.9 Å². The van der Waals surface area contributed by atoms with Crippen LogP contribution >= 0.6 is 11.8 Å². The number of benzene rings is 1. The third-order valence-electron chi connectivity index (χ3n) is 4.07. The summed E-state index contributed by atoms with van der Waals surface area (Å²) in [7, 11) is 0. The third-order valence-corrected chi connectivity index (χ3v) is 5.14. The van der Waals surface area contributed by atoms with Gasteiger partial charge in [-0.3, -0.25) is 9.20 Å². The van der Waals surface area contributed by atoms with Gasteiger partial charge in [0, 0.05) is 27.5 Å². The van der Waals surface area contributed by atoms with Gasteiger partial charge in [0.05, 0.1) is 0 Å². The molecule has 2 heterocycles. The minimum atomic E-state index is -4.44.